The smallest absolute Gasteiger partial charge is 0.170 e. The molecule has 19 heavy (non-hydrogen) atoms. The van der Waals surface area contributed by atoms with Gasteiger partial charge in [-0.25, -0.2) is 0 Å². The van der Waals surface area contributed by atoms with E-state index in [0.29, 0.717) is 19.8 Å². The van der Waals surface area contributed by atoms with Gasteiger partial charge in [0, 0.05) is 24.2 Å². The van der Waals surface area contributed by atoms with Gasteiger partial charge in [-0.1, -0.05) is 24.3 Å². The van der Waals surface area contributed by atoms with Crippen molar-refractivity contribution in [1.29, 1.82) is 0 Å². The topological polar surface area (TPSA) is 43.4 Å². The van der Waals surface area contributed by atoms with E-state index in [1.54, 1.807) is 0 Å². The van der Waals surface area contributed by atoms with Gasteiger partial charge < -0.3 is 14.8 Å². The van der Waals surface area contributed by atoms with Crippen LogP contribution in [0.5, 0.6) is 0 Å². The summed E-state index contributed by atoms with van der Waals surface area (Å²) >= 11 is 0. The number of ether oxygens (including phenoxy) is 2. The quantitative estimate of drug-likeness (QED) is 0.913. The zero-order valence-electron chi connectivity index (χ0n) is 11.0. The Kier molecular flexibility index (Phi) is 3.73. The Bertz CT molecular complexity index is 547. The number of rotatable bonds is 4. The fourth-order valence-corrected chi connectivity index (χ4v) is 2.39. The molecule has 1 unspecified atom stereocenters. The fourth-order valence-electron chi connectivity index (χ4n) is 2.39. The summed E-state index contributed by atoms with van der Waals surface area (Å²) in [5.41, 5.74) is 2.26. The third-order valence-electron chi connectivity index (χ3n) is 3.41. The van der Waals surface area contributed by atoms with Gasteiger partial charge in [-0.3, -0.25) is 4.98 Å². The Balaban J connectivity index is 1.75. The van der Waals surface area contributed by atoms with Crippen molar-refractivity contribution in [2.45, 2.75) is 19.3 Å². The van der Waals surface area contributed by atoms with Crippen LogP contribution in [0.2, 0.25) is 0 Å². The molecular weight excluding hydrogens is 240 g/mol. The van der Waals surface area contributed by atoms with Crippen LogP contribution in [-0.4, -0.2) is 31.0 Å². The zero-order chi connectivity index (χ0) is 13.1. The van der Waals surface area contributed by atoms with Crippen molar-refractivity contribution in [2.75, 3.05) is 19.8 Å². The van der Waals surface area contributed by atoms with Crippen LogP contribution in [0, 0.1) is 0 Å². The monoisotopic (exact) mass is 258 g/mol. The molecule has 1 aromatic heterocycles. The number of fused-ring (bicyclic) bond motifs is 1. The molecule has 1 atom stereocenters. The highest BCUT2D eigenvalue weighted by Gasteiger charge is 2.17. The van der Waals surface area contributed by atoms with Gasteiger partial charge in [0.1, 0.15) is 0 Å². The number of nitrogens with one attached hydrogen (secondary N) is 1. The lowest BCUT2D eigenvalue weighted by molar-refractivity contribution is -0.0403. The highest BCUT2D eigenvalue weighted by Crippen LogP contribution is 2.22. The lowest BCUT2D eigenvalue weighted by Crippen LogP contribution is -2.29. The standard InChI is InChI=1S/C15H18N2O2/c1-11(17-10-14-18-8-9-19-14)13-6-2-4-12-5-3-7-16-15(12)13/h2-7,11,14,17H,8-10H2,1H3. The van der Waals surface area contributed by atoms with Crippen molar-refractivity contribution < 1.29 is 9.47 Å². The molecule has 2 heterocycles. The van der Waals surface area contributed by atoms with Crippen LogP contribution in [0.1, 0.15) is 18.5 Å². The van der Waals surface area contributed by atoms with E-state index in [0.717, 1.165) is 5.52 Å². The fraction of sp³-hybridized carbons (Fsp3) is 0.400. The molecule has 1 N–H and O–H groups in total. The maximum absolute atomic E-state index is 5.43. The summed E-state index contributed by atoms with van der Waals surface area (Å²) in [6.07, 6.45) is 1.72. The molecule has 0 bridgehead atoms. The number of hydrogen-bond donors (Lipinski definition) is 1. The van der Waals surface area contributed by atoms with Gasteiger partial charge in [-0.2, -0.15) is 0 Å². The summed E-state index contributed by atoms with van der Waals surface area (Å²) in [4.78, 5) is 4.48. The Labute approximate surface area is 112 Å². The summed E-state index contributed by atoms with van der Waals surface area (Å²) in [5.74, 6) is 0. The van der Waals surface area contributed by atoms with Crippen LogP contribution >= 0.6 is 0 Å². The first-order valence-electron chi connectivity index (χ1n) is 6.65. The van der Waals surface area contributed by atoms with E-state index in [1.165, 1.54) is 10.9 Å². The van der Waals surface area contributed by atoms with Crippen molar-refractivity contribution >= 4 is 10.9 Å². The summed E-state index contributed by atoms with van der Waals surface area (Å²) in [7, 11) is 0. The second kappa shape index (κ2) is 5.65. The molecule has 0 amide bonds. The first kappa shape index (κ1) is 12.5. The molecule has 4 nitrogen and oxygen atoms in total. The number of nitrogens with zero attached hydrogens (tertiary/aromatic N) is 1. The van der Waals surface area contributed by atoms with Crippen molar-refractivity contribution in [1.82, 2.24) is 10.3 Å². The number of para-hydroxylation sites is 1. The van der Waals surface area contributed by atoms with Gasteiger partial charge in [-0.05, 0) is 18.6 Å². The molecule has 0 aliphatic carbocycles. The predicted octanol–water partition coefficient (Wildman–Crippen LogP) is 2.26. The van der Waals surface area contributed by atoms with Crippen LogP contribution in [0.15, 0.2) is 36.5 Å². The Morgan fingerprint density at radius 3 is 2.89 bits per heavy atom. The van der Waals surface area contributed by atoms with E-state index in [9.17, 15) is 0 Å². The SMILES string of the molecule is CC(NCC1OCCO1)c1cccc2cccnc12. The number of hydrogen-bond acceptors (Lipinski definition) is 4. The molecule has 0 spiro atoms. The molecule has 0 radical (unpaired) electrons. The van der Waals surface area contributed by atoms with Crippen LogP contribution in [0.4, 0.5) is 0 Å². The summed E-state index contributed by atoms with van der Waals surface area (Å²) < 4.78 is 10.9. The Hall–Kier alpha value is -1.49. The van der Waals surface area contributed by atoms with E-state index in [2.05, 4.69) is 41.5 Å². The average Bonchev–Trinajstić information content (AvgIpc) is 2.97. The molecular formula is C15H18N2O2. The molecule has 1 aliphatic rings. The van der Waals surface area contributed by atoms with Crippen LogP contribution in [0.3, 0.4) is 0 Å². The van der Waals surface area contributed by atoms with E-state index in [-0.39, 0.29) is 12.3 Å². The maximum atomic E-state index is 5.43. The van der Waals surface area contributed by atoms with Crippen LogP contribution in [0.25, 0.3) is 10.9 Å². The number of aromatic nitrogens is 1. The zero-order valence-corrected chi connectivity index (χ0v) is 11.0. The van der Waals surface area contributed by atoms with E-state index in [1.807, 2.05) is 12.3 Å². The van der Waals surface area contributed by atoms with Crippen molar-refractivity contribution in [3.05, 3.63) is 42.1 Å². The molecule has 3 rings (SSSR count). The van der Waals surface area contributed by atoms with Crippen molar-refractivity contribution in [3.63, 3.8) is 0 Å². The highest BCUT2D eigenvalue weighted by molar-refractivity contribution is 5.81. The maximum Gasteiger partial charge on any atom is 0.170 e. The second-order valence-electron chi connectivity index (χ2n) is 4.72. The van der Waals surface area contributed by atoms with Gasteiger partial charge >= 0.3 is 0 Å². The largest absolute Gasteiger partial charge is 0.349 e. The van der Waals surface area contributed by atoms with Gasteiger partial charge in [-0.15, -0.1) is 0 Å². The number of benzene rings is 1. The third kappa shape index (κ3) is 2.76. The first-order chi connectivity index (χ1) is 9.34. The van der Waals surface area contributed by atoms with Gasteiger partial charge in [0.2, 0.25) is 0 Å². The van der Waals surface area contributed by atoms with Gasteiger partial charge in [0.05, 0.1) is 18.7 Å². The lowest BCUT2D eigenvalue weighted by Gasteiger charge is -2.18. The number of pyridine rings is 1. The molecule has 1 saturated heterocycles. The molecule has 4 heteroatoms. The molecule has 1 fully saturated rings. The van der Waals surface area contributed by atoms with Crippen LogP contribution in [-0.2, 0) is 9.47 Å². The molecule has 1 aromatic carbocycles. The Morgan fingerprint density at radius 2 is 2.05 bits per heavy atom. The minimum Gasteiger partial charge on any atom is -0.349 e. The third-order valence-corrected chi connectivity index (χ3v) is 3.41. The highest BCUT2D eigenvalue weighted by atomic mass is 16.7. The Morgan fingerprint density at radius 1 is 1.26 bits per heavy atom. The average molecular weight is 258 g/mol. The summed E-state index contributed by atoms with van der Waals surface area (Å²) in [6, 6.07) is 10.5. The molecule has 100 valence electrons. The van der Waals surface area contributed by atoms with E-state index < -0.39 is 0 Å². The van der Waals surface area contributed by atoms with E-state index in [4.69, 9.17) is 9.47 Å². The predicted molar refractivity (Wildman–Crippen MR) is 73.9 cm³/mol. The van der Waals surface area contributed by atoms with Gasteiger partial charge in [0.15, 0.2) is 6.29 Å². The minimum absolute atomic E-state index is 0.120. The lowest BCUT2D eigenvalue weighted by atomic mass is 10.0. The molecule has 2 aromatic rings. The van der Waals surface area contributed by atoms with Crippen molar-refractivity contribution in [2.24, 2.45) is 0 Å². The van der Waals surface area contributed by atoms with Gasteiger partial charge in [0.25, 0.3) is 0 Å². The second-order valence-corrected chi connectivity index (χ2v) is 4.72. The van der Waals surface area contributed by atoms with Crippen LogP contribution < -0.4 is 5.32 Å². The summed E-state index contributed by atoms with van der Waals surface area (Å²) in [5, 5.41) is 4.61. The normalized spacial score (nSPS) is 17.9. The molecule has 1 aliphatic heterocycles. The minimum atomic E-state index is -0.120. The first-order valence-corrected chi connectivity index (χ1v) is 6.65. The van der Waals surface area contributed by atoms with E-state index >= 15 is 0 Å². The summed E-state index contributed by atoms with van der Waals surface area (Å²) in [6.45, 7) is 4.22. The van der Waals surface area contributed by atoms with Crippen molar-refractivity contribution in [3.8, 4) is 0 Å². The molecule has 0 saturated carbocycles.